The molecule has 0 radical (unpaired) electrons. The summed E-state index contributed by atoms with van der Waals surface area (Å²) < 4.78 is 13.1. The van der Waals surface area contributed by atoms with Crippen molar-refractivity contribution in [1.82, 2.24) is 4.98 Å². The molecule has 0 saturated carbocycles. The van der Waals surface area contributed by atoms with Gasteiger partial charge in [-0.3, -0.25) is 0 Å². The summed E-state index contributed by atoms with van der Waals surface area (Å²) in [7, 11) is 0. The summed E-state index contributed by atoms with van der Waals surface area (Å²) in [5, 5.41) is 18.9. The van der Waals surface area contributed by atoms with Crippen LogP contribution < -0.4 is 4.90 Å². The summed E-state index contributed by atoms with van der Waals surface area (Å²) in [4.78, 5) is 6.24. The first-order chi connectivity index (χ1) is 10.2. The molecule has 0 aliphatic carbocycles. The first-order valence-electron chi connectivity index (χ1n) is 6.73. The molecule has 1 aromatic heterocycles. The number of nitriles is 1. The minimum absolute atomic E-state index is 0.0676. The van der Waals surface area contributed by atoms with Gasteiger partial charge in [0.1, 0.15) is 11.6 Å². The van der Waals surface area contributed by atoms with Gasteiger partial charge in [-0.2, -0.15) is 5.26 Å². The Morgan fingerprint density at radius 1 is 1.29 bits per heavy atom. The molecule has 0 unspecified atom stereocenters. The normalized spacial score (nSPS) is 21.3. The van der Waals surface area contributed by atoms with Crippen molar-refractivity contribution < 1.29 is 9.50 Å². The number of benzene rings is 1. The monoisotopic (exact) mass is 283 g/mol. The number of hydrogen-bond acceptors (Lipinski definition) is 4. The standard InChI is InChI=1S/C16H14FN3O/c17-13-3-1-12(2-4-13)15-8-14(21)10-20(15)16-7-11(9-18)5-6-19-16/h1-7,14-15,21H,8,10H2/t14-,15-/m0/s1. The number of anilines is 1. The maximum Gasteiger partial charge on any atom is 0.130 e. The Balaban J connectivity index is 1.95. The van der Waals surface area contributed by atoms with E-state index in [1.165, 1.54) is 12.1 Å². The van der Waals surface area contributed by atoms with Crippen LogP contribution >= 0.6 is 0 Å². The number of aliphatic hydroxyl groups is 1. The molecule has 5 heteroatoms. The molecular formula is C16H14FN3O. The molecule has 1 aromatic carbocycles. The number of β-amino-alcohol motifs (C(OH)–C–C–N with tert-alkyl or cyclic N) is 1. The second-order valence-electron chi connectivity index (χ2n) is 5.12. The number of halogens is 1. The van der Waals surface area contributed by atoms with Crippen LogP contribution in [0.25, 0.3) is 0 Å². The van der Waals surface area contributed by atoms with Crippen LogP contribution in [0.5, 0.6) is 0 Å². The maximum atomic E-state index is 13.1. The third-order valence-corrected chi connectivity index (χ3v) is 3.70. The fourth-order valence-corrected chi connectivity index (χ4v) is 2.71. The highest BCUT2D eigenvalue weighted by Crippen LogP contribution is 2.35. The third-order valence-electron chi connectivity index (χ3n) is 3.70. The Kier molecular flexibility index (Phi) is 3.55. The molecule has 2 atom stereocenters. The minimum atomic E-state index is -0.465. The zero-order valence-electron chi connectivity index (χ0n) is 11.3. The SMILES string of the molecule is N#Cc1ccnc(N2C[C@@H](O)C[C@H]2c2ccc(F)cc2)c1. The van der Waals surface area contributed by atoms with E-state index in [4.69, 9.17) is 5.26 Å². The van der Waals surface area contributed by atoms with Crippen LogP contribution in [0.2, 0.25) is 0 Å². The van der Waals surface area contributed by atoms with Gasteiger partial charge in [-0.05, 0) is 36.2 Å². The summed E-state index contributed by atoms with van der Waals surface area (Å²) in [5.41, 5.74) is 1.45. The predicted octanol–water partition coefficient (Wildman–Crippen LogP) is 2.40. The van der Waals surface area contributed by atoms with Crippen LogP contribution in [0.3, 0.4) is 0 Å². The lowest BCUT2D eigenvalue weighted by molar-refractivity contribution is 0.194. The van der Waals surface area contributed by atoms with Crippen molar-refractivity contribution >= 4 is 5.82 Å². The maximum absolute atomic E-state index is 13.1. The van der Waals surface area contributed by atoms with Gasteiger partial charge in [-0.15, -0.1) is 0 Å². The van der Waals surface area contributed by atoms with E-state index in [2.05, 4.69) is 11.1 Å². The van der Waals surface area contributed by atoms with E-state index in [0.29, 0.717) is 24.3 Å². The van der Waals surface area contributed by atoms with E-state index < -0.39 is 6.10 Å². The highest BCUT2D eigenvalue weighted by atomic mass is 19.1. The lowest BCUT2D eigenvalue weighted by atomic mass is 10.0. The highest BCUT2D eigenvalue weighted by Gasteiger charge is 2.33. The largest absolute Gasteiger partial charge is 0.391 e. The Hall–Kier alpha value is -2.45. The Morgan fingerprint density at radius 3 is 2.76 bits per heavy atom. The number of pyridine rings is 1. The van der Waals surface area contributed by atoms with Crippen molar-refractivity contribution in [2.45, 2.75) is 18.6 Å². The van der Waals surface area contributed by atoms with Gasteiger partial charge in [-0.25, -0.2) is 9.37 Å². The van der Waals surface area contributed by atoms with Crippen LogP contribution in [0.15, 0.2) is 42.6 Å². The van der Waals surface area contributed by atoms with Crippen molar-refractivity contribution in [2.75, 3.05) is 11.4 Å². The fourth-order valence-electron chi connectivity index (χ4n) is 2.71. The van der Waals surface area contributed by atoms with Gasteiger partial charge < -0.3 is 10.0 Å². The van der Waals surface area contributed by atoms with Gasteiger partial charge >= 0.3 is 0 Å². The first kappa shape index (κ1) is 13.5. The Labute approximate surface area is 122 Å². The van der Waals surface area contributed by atoms with Crippen molar-refractivity contribution in [1.29, 1.82) is 5.26 Å². The van der Waals surface area contributed by atoms with Gasteiger partial charge in [0.2, 0.25) is 0 Å². The molecule has 106 valence electrons. The van der Waals surface area contributed by atoms with Crippen LogP contribution in [-0.4, -0.2) is 22.7 Å². The van der Waals surface area contributed by atoms with Crippen LogP contribution in [0, 0.1) is 17.1 Å². The van der Waals surface area contributed by atoms with Gasteiger partial charge in [0.15, 0.2) is 0 Å². The summed E-state index contributed by atoms with van der Waals surface area (Å²) >= 11 is 0. The molecule has 4 nitrogen and oxygen atoms in total. The average Bonchev–Trinajstić information content (AvgIpc) is 2.90. The van der Waals surface area contributed by atoms with Gasteiger partial charge in [0.05, 0.1) is 23.8 Å². The van der Waals surface area contributed by atoms with Gasteiger partial charge in [-0.1, -0.05) is 12.1 Å². The topological polar surface area (TPSA) is 60.2 Å². The van der Waals surface area contributed by atoms with E-state index in [9.17, 15) is 9.50 Å². The predicted molar refractivity (Wildman–Crippen MR) is 76.1 cm³/mol. The molecule has 2 aromatic rings. The van der Waals surface area contributed by atoms with Crippen molar-refractivity contribution in [3.05, 3.63) is 59.5 Å². The van der Waals surface area contributed by atoms with Crippen LogP contribution in [-0.2, 0) is 0 Å². The molecular weight excluding hydrogens is 269 g/mol. The number of aliphatic hydroxyl groups excluding tert-OH is 1. The molecule has 0 spiro atoms. The second-order valence-corrected chi connectivity index (χ2v) is 5.12. The molecule has 1 aliphatic rings. The zero-order valence-corrected chi connectivity index (χ0v) is 11.3. The highest BCUT2D eigenvalue weighted by molar-refractivity contribution is 5.48. The summed E-state index contributed by atoms with van der Waals surface area (Å²) in [6, 6.07) is 11.6. The number of aromatic nitrogens is 1. The molecule has 0 bridgehead atoms. The quantitative estimate of drug-likeness (QED) is 0.919. The average molecular weight is 283 g/mol. The van der Waals surface area contributed by atoms with Gasteiger partial charge in [0.25, 0.3) is 0 Å². The lowest BCUT2D eigenvalue weighted by Gasteiger charge is -2.25. The van der Waals surface area contributed by atoms with E-state index in [0.717, 1.165) is 5.56 Å². The summed E-state index contributed by atoms with van der Waals surface area (Å²) in [6.45, 7) is 0.448. The van der Waals surface area contributed by atoms with Crippen LogP contribution in [0.4, 0.5) is 10.2 Å². The summed E-state index contributed by atoms with van der Waals surface area (Å²) in [5.74, 6) is 0.369. The van der Waals surface area contributed by atoms with E-state index in [1.54, 1.807) is 30.5 Å². The van der Waals surface area contributed by atoms with E-state index in [1.807, 2.05) is 4.90 Å². The number of hydrogen-bond donors (Lipinski definition) is 1. The zero-order chi connectivity index (χ0) is 14.8. The van der Waals surface area contributed by atoms with Crippen molar-refractivity contribution in [2.24, 2.45) is 0 Å². The van der Waals surface area contributed by atoms with Crippen molar-refractivity contribution in [3.63, 3.8) is 0 Å². The molecule has 1 fully saturated rings. The first-order valence-corrected chi connectivity index (χ1v) is 6.73. The molecule has 1 aliphatic heterocycles. The van der Waals surface area contributed by atoms with Gasteiger partial charge in [0, 0.05) is 12.7 Å². The minimum Gasteiger partial charge on any atom is -0.391 e. The smallest absolute Gasteiger partial charge is 0.130 e. The fraction of sp³-hybridized carbons (Fsp3) is 0.250. The number of rotatable bonds is 2. The van der Waals surface area contributed by atoms with E-state index in [-0.39, 0.29) is 11.9 Å². The molecule has 21 heavy (non-hydrogen) atoms. The van der Waals surface area contributed by atoms with E-state index >= 15 is 0 Å². The molecule has 0 amide bonds. The lowest BCUT2D eigenvalue weighted by Crippen LogP contribution is -2.25. The molecule has 3 rings (SSSR count). The number of nitrogens with zero attached hydrogens (tertiary/aromatic N) is 3. The second kappa shape index (κ2) is 5.51. The summed E-state index contributed by atoms with van der Waals surface area (Å²) in [6.07, 6.45) is 1.68. The van der Waals surface area contributed by atoms with Crippen LogP contribution in [0.1, 0.15) is 23.6 Å². The molecule has 1 N–H and O–H groups in total. The Morgan fingerprint density at radius 2 is 2.05 bits per heavy atom. The molecule has 1 saturated heterocycles. The Bertz CT molecular complexity index is 681. The van der Waals surface area contributed by atoms with Crippen molar-refractivity contribution in [3.8, 4) is 6.07 Å². The third kappa shape index (κ3) is 2.71. The molecule has 2 heterocycles.